The molecule has 0 unspecified atom stereocenters. The molecule has 0 atom stereocenters. The van der Waals surface area contributed by atoms with E-state index >= 15 is 0 Å². The molecule has 5 nitrogen and oxygen atoms in total. The van der Waals surface area contributed by atoms with E-state index in [1.165, 1.54) is 0 Å². The van der Waals surface area contributed by atoms with E-state index < -0.39 is 5.82 Å². The summed E-state index contributed by atoms with van der Waals surface area (Å²) in [5.74, 6) is -0.0525. The third-order valence-electron chi connectivity index (χ3n) is 3.36. The number of pyridine rings is 1. The van der Waals surface area contributed by atoms with Crippen LogP contribution in [0.1, 0.15) is 5.56 Å². The minimum absolute atomic E-state index is 0.0802. The molecule has 0 aliphatic rings. The van der Waals surface area contributed by atoms with Crippen LogP contribution >= 0.6 is 0 Å². The van der Waals surface area contributed by atoms with Crippen molar-refractivity contribution >= 4 is 16.7 Å². The Morgan fingerprint density at radius 1 is 1.23 bits per heavy atom. The number of benzene rings is 1. The molecule has 2 aromatic heterocycles. The molecule has 0 radical (unpaired) electrons. The van der Waals surface area contributed by atoms with Crippen molar-refractivity contribution in [3.8, 4) is 11.4 Å². The van der Waals surface area contributed by atoms with Crippen molar-refractivity contribution in [2.24, 2.45) is 0 Å². The lowest BCUT2D eigenvalue weighted by Crippen LogP contribution is -2.09. The zero-order valence-corrected chi connectivity index (χ0v) is 12.0. The van der Waals surface area contributed by atoms with Gasteiger partial charge in [0, 0.05) is 23.7 Å². The largest absolute Gasteiger partial charge is 0.395 e. The summed E-state index contributed by atoms with van der Waals surface area (Å²) in [7, 11) is 0. The topological polar surface area (TPSA) is 70.9 Å². The third-order valence-corrected chi connectivity index (χ3v) is 3.36. The van der Waals surface area contributed by atoms with Crippen molar-refractivity contribution in [3.63, 3.8) is 0 Å². The highest BCUT2D eigenvalue weighted by atomic mass is 19.1. The van der Waals surface area contributed by atoms with Gasteiger partial charge in [0.05, 0.1) is 18.3 Å². The Labute approximate surface area is 126 Å². The van der Waals surface area contributed by atoms with Crippen molar-refractivity contribution in [2.75, 3.05) is 18.5 Å². The lowest BCUT2D eigenvalue weighted by Gasteiger charge is -2.09. The second-order valence-corrected chi connectivity index (χ2v) is 4.87. The predicted octanol–water partition coefficient (Wildman–Crippen LogP) is 2.54. The summed E-state index contributed by atoms with van der Waals surface area (Å²) in [6.07, 6.45) is 2.86. The first-order valence-corrected chi connectivity index (χ1v) is 6.92. The third kappa shape index (κ3) is 2.60. The monoisotopic (exact) mass is 298 g/mol. The Kier molecular flexibility index (Phi) is 3.93. The summed E-state index contributed by atoms with van der Waals surface area (Å²) in [5.41, 5.74) is 2.72. The first-order valence-electron chi connectivity index (χ1n) is 6.92. The molecule has 112 valence electrons. The van der Waals surface area contributed by atoms with Gasteiger partial charge in [-0.05, 0) is 18.6 Å². The van der Waals surface area contributed by atoms with Gasteiger partial charge in [-0.15, -0.1) is 0 Å². The quantitative estimate of drug-likeness (QED) is 0.774. The molecular formula is C16H15FN4O. The lowest BCUT2D eigenvalue weighted by atomic mass is 10.0. The van der Waals surface area contributed by atoms with Crippen LogP contribution in [0.2, 0.25) is 0 Å². The number of hydrogen-bond donors (Lipinski definition) is 2. The Bertz CT molecular complexity index is 822. The summed E-state index contributed by atoms with van der Waals surface area (Å²) >= 11 is 0. The van der Waals surface area contributed by atoms with Crippen molar-refractivity contribution in [1.29, 1.82) is 0 Å². The fraction of sp³-hybridized carbons (Fsp3) is 0.188. The van der Waals surface area contributed by atoms with Gasteiger partial charge in [0.1, 0.15) is 0 Å². The average molecular weight is 298 g/mol. The van der Waals surface area contributed by atoms with Crippen LogP contribution in [0.5, 0.6) is 0 Å². The number of aliphatic hydroxyl groups is 1. The Hall–Kier alpha value is -2.60. The molecule has 6 heteroatoms. The fourth-order valence-corrected chi connectivity index (χ4v) is 2.30. The van der Waals surface area contributed by atoms with Crippen LogP contribution in [-0.4, -0.2) is 33.2 Å². The number of aryl methyl sites for hydroxylation is 1. The number of hydrogen-bond acceptors (Lipinski definition) is 5. The minimum atomic E-state index is -0.549. The summed E-state index contributed by atoms with van der Waals surface area (Å²) in [5, 5.41) is 12.5. The fourth-order valence-electron chi connectivity index (χ4n) is 2.30. The maximum atomic E-state index is 13.7. The molecule has 2 heterocycles. The minimum Gasteiger partial charge on any atom is -0.395 e. The van der Waals surface area contributed by atoms with E-state index in [1.807, 2.05) is 31.2 Å². The highest BCUT2D eigenvalue weighted by Crippen LogP contribution is 2.28. The number of anilines is 1. The van der Waals surface area contributed by atoms with Crippen LogP contribution in [-0.2, 0) is 0 Å². The molecule has 0 fully saturated rings. The van der Waals surface area contributed by atoms with Gasteiger partial charge in [0.2, 0.25) is 0 Å². The number of fused-ring (bicyclic) bond motifs is 1. The average Bonchev–Trinajstić information content (AvgIpc) is 2.55. The van der Waals surface area contributed by atoms with Gasteiger partial charge in [-0.2, -0.15) is 0 Å². The highest BCUT2D eigenvalue weighted by molar-refractivity contribution is 5.94. The summed E-state index contributed by atoms with van der Waals surface area (Å²) < 4.78 is 13.7. The van der Waals surface area contributed by atoms with E-state index in [2.05, 4.69) is 20.3 Å². The van der Waals surface area contributed by atoms with Crippen molar-refractivity contribution in [1.82, 2.24) is 15.0 Å². The van der Waals surface area contributed by atoms with E-state index in [1.54, 1.807) is 6.20 Å². The van der Waals surface area contributed by atoms with Gasteiger partial charge in [0.25, 0.3) is 0 Å². The van der Waals surface area contributed by atoms with E-state index in [0.717, 1.165) is 28.2 Å². The molecule has 3 aromatic rings. The molecule has 0 amide bonds. The molecule has 0 bridgehead atoms. The van der Waals surface area contributed by atoms with Crippen LogP contribution in [0.4, 0.5) is 10.2 Å². The summed E-state index contributed by atoms with van der Waals surface area (Å²) in [4.78, 5) is 12.7. The van der Waals surface area contributed by atoms with Crippen LogP contribution in [0.15, 0.2) is 36.7 Å². The van der Waals surface area contributed by atoms with Crippen LogP contribution < -0.4 is 5.32 Å². The maximum absolute atomic E-state index is 13.7. The van der Waals surface area contributed by atoms with Crippen LogP contribution in [0, 0.1) is 12.7 Å². The van der Waals surface area contributed by atoms with Gasteiger partial charge in [0.15, 0.2) is 17.5 Å². The number of rotatable bonds is 4. The molecule has 0 aliphatic heterocycles. The molecule has 3 rings (SSSR count). The number of aliphatic hydroxyl groups excluding tert-OH is 1. The van der Waals surface area contributed by atoms with Gasteiger partial charge in [-0.25, -0.2) is 14.4 Å². The summed E-state index contributed by atoms with van der Waals surface area (Å²) in [6.45, 7) is 2.11. The molecule has 0 spiro atoms. The first kappa shape index (κ1) is 14.3. The van der Waals surface area contributed by atoms with Gasteiger partial charge in [-0.1, -0.05) is 18.2 Å². The lowest BCUT2D eigenvalue weighted by molar-refractivity contribution is 0.310. The van der Waals surface area contributed by atoms with E-state index in [4.69, 9.17) is 5.11 Å². The molecular weight excluding hydrogens is 283 g/mol. The SMILES string of the molecule is Cc1ccc(-c2ncc(F)c(NCCO)n2)c2cccnc12. The number of nitrogens with one attached hydrogen (secondary N) is 1. The predicted molar refractivity (Wildman–Crippen MR) is 83.0 cm³/mol. The Balaban J connectivity index is 2.14. The molecule has 0 aliphatic carbocycles. The van der Waals surface area contributed by atoms with E-state index in [0.29, 0.717) is 5.82 Å². The Morgan fingerprint density at radius 2 is 2.09 bits per heavy atom. The zero-order chi connectivity index (χ0) is 15.5. The highest BCUT2D eigenvalue weighted by Gasteiger charge is 2.12. The number of aromatic nitrogens is 3. The normalized spacial score (nSPS) is 10.9. The maximum Gasteiger partial charge on any atom is 0.183 e. The molecule has 22 heavy (non-hydrogen) atoms. The van der Waals surface area contributed by atoms with Crippen molar-refractivity contribution in [3.05, 3.63) is 48.0 Å². The van der Waals surface area contributed by atoms with E-state index in [9.17, 15) is 4.39 Å². The van der Waals surface area contributed by atoms with Gasteiger partial charge in [-0.3, -0.25) is 4.98 Å². The molecule has 0 saturated carbocycles. The Morgan fingerprint density at radius 3 is 2.91 bits per heavy atom. The second kappa shape index (κ2) is 6.03. The van der Waals surface area contributed by atoms with Crippen LogP contribution in [0.3, 0.4) is 0 Å². The molecule has 1 aromatic carbocycles. The van der Waals surface area contributed by atoms with Crippen LogP contribution in [0.25, 0.3) is 22.3 Å². The van der Waals surface area contributed by atoms with Crippen molar-refractivity contribution < 1.29 is 9.50 Å². The van der Waals surface area contributed by atoms with Gasteiger partial charge < -0.3 is 10.4 Å². The number of halogens is 1. The standard InChI is InChI=1S/C16H15FN4O/c1-10-4-5-12(11-3-2-6-18-14(10)11)15-20-9-13(17)16(21-15)19-7-8-22/h2-6,9,22H,7-8H2,1H3,(H,19,20,21). The summed E-state index contributed by atoms with van der Waals surface area (Å²) in [6, 6.07) is 7.64. The molecule has 2 N–H and O–H groups in total. The van der Waals surface area contributed by atoms with Crippen molar-refractivity contribution in [2.45, 2.75) is 6.92 Å². The second-order valence-electron chi connectivity index (χ2n) is 4.87. The van der Waals surface area contributed by atoms with Gasteiger partial charge >= 0.3 is 0 Å². The smallest absolute Gasteiger partial charge is 0.183 e. The molecule has 0 saturated heterocycles. The van der Waals surface area contributed by atoms with E-state index in [-0.39, 0.29) is 19.0 Å². The zero-order valence-electron chi connectivity index (χ0n) is 12.0. The first-order chi connectivity index (χ1) is 10.7. The number of nitrogens with zero attached hydrogens (tertiary/aromatic N) is 3.